The van der Waals surface area contributed by atoms with Crippen molar-refractivity contribution in [2.75, 3.05) is 5.32 Å². The first-order valence-corrected chi connectivity index (χ1v) is 6.48. The van der Waals surface area contributed by atoms with E-state index in [0.717, 1.165) is 31.0 Å². The Kier molecular flexibility index (Phi) is 4.32. The number of anilines is 1. The number of halogens is 2. The molecular formula is C14H15F2NO3. The molecule has 1 aromatic carbocycles. The molecule has 0 unspecified atom stereocenters. The van der Waals surface area contributed by atoms with Crippen molar-refractivity contribution < 1.29 is 23.5 Å². The van der Waals surface area contributed by atoms with Gasteiger partial charge in [0.2, 0.25) is 5.91 Å². The van der Waals surface area contributed by atoms with Crippen molar-refractivity contribution in [1.82, 2.24) is 0 Å². The average Bonchev–Trinajstić information content (AvgIpc) is 2.42. The second-order valence-corrected chi connectivity index (χ2v) is 4.95. The first-order valence-electron chi connectivity index (χ1n) is 6.48. The van der Waals surface area contributed by atoms with Crippen LogP contribution in [0.3, 0.4) is 0 Å². The summed E-state index contributed by atoms with van der Waals surface area (Å²) in [6, 6.07) is 2.75. The van der Waals surface area contributed by atoms with Gasteiger partial charge in [0.15, 0.2) is 0 Å². The zero-order valence-electron chi connectivity index (χ0n) is 10.7. The molecule has 1 aromatic rings. The summed E-state index contributed by atoms with van der Waals surface area (Å²) in [5, 5.41) is 11.4. The predicted octanol–water partition coefficient (Wildman–Crippen LogP) is 2.79. The molecule has 2 N–H and O–H groups in total. The van der Waals surface area contributed by atoms with Crippen LogP contribution in [0.2, 0.25) is 0 Å². The molecule has 0 aliphatic heterocycles. The minimum Gasteiger partial charge on any atom is -0.481 e. The first kappa shape index (κ1) is 14.4. The highest BCUT2D eigenvalue weighted by Crippen LogP contribution is 2.31. The van der Waals surface area contributed by atoms with Crippen LogP contribution < -0.4 is 5.32 Å². The minimum absolute atomic E-state index is 0.260. The molecule has 1 saturated carbocycles. The van der Waals surface area contributed by atoms with E-state index in [-0.39, 0.29) is 5.69 Å². The number of benzene rings is 1. The number of hydrogen-bond acceptors (Lipinski definition) is 2. The third kappa shape index (κ3) is 3.12. The lowest BCUT2D eigenvalue weighted by Crippen LogP contribution is -2.36. The number of rotatable bonds is 3. The summed E-state index contributed by atoms with van der Waals surface area (Å²) in [5.74, 6) is -4.47. The van der Waals surface area contributed by atoms with E-state index in [2.05, 4.69) is 5.32 Å². The Balaban J connectivity index is 2.14. The molecule has 1 aliphatic rings. The summed E-state index contributed by atoms with van der Waals surface area (Å²) in [6.45, 7) is 0. The van der Waals surface area contributed by atoms with Crippen molar-refractivity contribution in [1.29, 1.82) is 0 Å². The van der Waals surface area contributed by atoms with Gasteiger partial charge in [0.05, 0.1) is 17.5 Å². The zero-order valence-corrected chi connectivity index (χ0v) is 10.7. The first-order chi connectivity index (χ1) is 9.49. The summed E-state index contributed by atoms with van der Waals surface area (Å²) in [5.41, 5.74) is -0.260. The maximum Gasteiger partial charge on any atom is 0.307 e. The highest BCUT2D eigenvalue weighted by Gasteiger charge is 2.35. The van der Waals surface area contributed by atoms with Crippen molar-refractivity contribution >= 4 is 17.6 Å². The van der Waals surface area contributed by atoms with Crippen LogP contribution in [-0.4, -0.2) is 17.0 Å². The maximum absolute atomic E-state index is 13.5. The fourth-order valence-corrected chi connectivity index (χ4v) is 2.56. The normalized spacial score (nSPS) is 22.3. The molecule has 0 heterocycles. The zero-order chi connectivity index (χ0) is 14.7. The Labute approximate surface area is 114 Å². The van der Waals surface area contributed by atoms with Gasteiger partial charge in [-0.05, 0) is 25.0 Å². The van der Waals surface area contributed by atoms with Gasteiger partial charge >= 0.3 is 5.97 Å². The number of carbonyl (C=O) groups excluding carboxylic acids is 1. The molecule has 6 heteroatoms. The molecule has 108 valence electrons. The van der Waals surface area contributed by atoms with Gasteiger partial charge in [0.25, 0.3) is 0 Å². The lowest BCUT2D eigenvalue weighted by Gasteiger charge is -2.27. The molecule has 20 heavy (non-hydrogen) atoms. The van der Waals surface area contributed by atoms with Crippen LogP contribution in [0, 0.1) is 23.5 Å². The quantitative estimate of drug-likeness (QED) is 0.896. The van der Waals surface area contributed by atoms with Gasteiger partial charge in [0, 0.05) is 6.07 Å². The molecule has 0 saturated heterocycles. The van der Waals surface area contributed by atoms with Gasteiger partial charge < -0.3 is 10.4 Å². The summed E-state index contributed by atoms with van der Waals surface area (Å²) in [4.78, 5) is 23.2. The molecule has 1 amide bonds. The van der Waals surface area contributed by atoms with E-state index in [1.807, 2.05) is 0 Å². The standard InChI is InChI=1S/C14H15F2NO3/c15-8-5-6-11(16)12(7-8)17-13(18)9-3-1-2-4-10(9)14(19)20/h5-7,9-10H,1-4H2,(H,17,18)(H,19,20)/t9-,10+/m1/s1. The van der Waals surface area contributed by atoms with E-state index in [1.165, 1.54) is 0 Å². The van der Waals surface area contributed by atoms with Gasteiger partial charge in [-0.25, -0.2) is 8.78 Å². The third-order valence-corrected chi connectivity index (χ3v) is 3.61. The summed E-state index contributed by atoms with van der Waals surface area (Å²) < 4.78 is 26.5. The monoisotopic (exact) mass is 283 g/mol. The third-order valence-electron chi connectivity index (χ3n) is 3.61. The van der Waals surface area contributed by atoms with Gasteiger partial charge in [-0.2, -0.15) is 0 Å². The Morgan fingerprint density at radius 1 is 1.15 bits per heavy atom. The molecule has 2 atom stereocenters. The van der Waals surface area contributed by atoms with Crippen LogP contribution in [0.15, 0.2) is 18.2 Å². The second kappa shape index (κ2) is 5.98. The van der Waals surface area contributed by atoms with E-state index >= 15 is 0 Å². The number of aliphatic carboxylic acids is 1. The van der Waals surface area contributed by atoms with E-state index in [0.29, 0.717) is 12.8 Å². The molecule has 1 fully saturated rings. The maximum atomic E-state index is 13.5. The average molecular weight is 283 g/mol. The molecule has 4 nitrogen and oxygen atoms in total. The smallest absolute Gasteiger partial charge is 0.307 e. The second-order valence-electron chi connectivity index (χ2n) is 4.95. The van der Waals surface area contributed by atoms with Crippen LogP contribution in [0.25, 0.3) is 0 Å². The van der Waals surface area contributed by atoms with Crippen LogP contribution in [0.4, 0.5) is 14.5 Å². The Hall–Kier alpha value is -1.98. The van der Waals surface area contributed by atoms with E-state index < -0.39 is 35.3 Å². The lowest BCUT2D eigenvalue weighted by molar-refractivity contribution is -0.147. The SMILES string of the molecule is O=C(O)[C@H]1CCCC[C@H]1C(=O)Nc1cc(F)ccc1F. The summed E-state index contributed by atoms with van der Waals surface area (Å²) in [6.07, 6.45) is 2.39. The van der Waals surface area contributed by atoms with Crippen molar-refractivity contribution in [2.24, 2.45) is 11.8 Å². The van der Waals surface area contributed by atoms with Gasteiger partial charge in [-0.3, -0.25) is 9.59 Å². The highest BCUT2D eigenvalue weighted by atomic mass is 19.1. The van der Waals surface area contributed by atoms with Crippen molar-refractivity contribution in [3.05, 3.63) is 29.8 Å². The molecule has 0 radical (unpaired) electrons. The van der Waals surface area contributed by atoms with Crippen molar-refractivity contribution in [2.45, 2.75) is 25.7 Å². The van der Waals surface area contributed by atoms with Crippen molar-refractivity contribution in [3.8, 4) is 0 Å². The molecule has 2 rings (SSSR count). The number of carboxylic acids is 1. The number of amides is 1. The molecule has 1 aliphatic carbocycles. The number of carbonyl (C=O) groups is 2. The van der Waals surface area contributed by atoms with E-state index in [4.69, 9.17) is 5.11 Å². The van der Waals surface area contributed by atoms with E-state index in [1.54, 1.807) is 0 Å². The Morgan fingerprint density at radius 2 is 1.80 bits per heavy atom. The van der Waals surface area contributed by atoms with Crippen LogP contribution in [0.5, 0.6) is 0 Å². The minimum atomic E-state index is -1.02. The van der Waals surface area contributed by atoms with Crippen molar-refractivity contribution in [3.63, 3.8) is 0 Å². The molecule has 0 spiro atoms. The fraction of sp³-hybridized carbons (Fsp3) is 0.429. The summed E-state index contributed by atoms with van der Waals surface area (Å²) >= 11 is 0. The number of nitrogens with one attached hydrogen (secondary N) is 1. The number of hydrogen-bond donors (Lipinski definition) is 2. The summed E-state index contributed by atoms with van der Waals surface area (Å²) in [7, 11) is 0. The van der Waals surface area contributed by atoms with E-state index in [9.17, 15) is 18.4 Å². The predicted molar refractivity (Wildman–Crippen MR) is 68.1 cm³/mol. The molecule has 0 bridgehead atoms. The Morgan fingerprint density at radius 3 is 2.45 bits per heavy atom. The Bertz CT molecular complexity index is 533. The fourth-order valence-electron chi connectivity index (χ4n) is 2.56. The topological polar surface area (TPSA) is 66.4 Å². The van der Waals surface area contributed by atoms with Crippen LogP contribution >= 0.6 is 0 Å². The highest BCUT2D eigenvalue weighted by molar-refractivity contribution is 5.95. The number of carboxylic acid groups (broad SMARTS) is 1. The largest absolute Gasteiger partial charge is 0.481 e. The molecule has 0 aromatic heterocycles. The van der Waals surface area contributed by atoms with Crippen LogP contribution in [-0.2, 0) is 9.59 Å². The van der Waals surface area contributed by atoms with Gasteiger partial charge in [-0.15, -0.1) is 0 Å². The van der Waals surface area contributed by atoms with Crippen LogP contribution in [0.1, 0.15) is 25.7 Å². The van der Waals surface area contributed by atoms with Gasteiger partial charge in [0.1, 0.15) is 11.6 Å². The van der Waals surface area contributed by atoms with Gasteiger partial charge in [-0.1, -0.05) is 12.8 Å². The lowest BCUT2D eigenvalue weighted by atomic mass is 9.78. The molecular weight excluding hydrogens is 268 g/mol.